The minimum atomic E-state index is 0.263. The SMILES string of the molecule is CCC1CCC(NC(=S)NC(C)COC)C1C. The summed E-state index contributed by atoms with van der Waals surface area (Å²) >= 11 is 5.33. The molecular weight excluding hydrogens is 232 g/mol. The molecule has 1 saturated carbocycles. The van der Waals surface area contributed by atoms with Crippen LogP contribution in [0.2, 0.25) is 0 Å². The Balaban J connectivity index is 2.32. The molecule has 0 bridgehead atoms. The third-order valence-corrected chi connectivity index (χ3v) is 4.10. The van der Waals surface area contributed by atoms with Gasteiger partial charge in [-0.1, -0.05) is 20.3 Å². The Bertz CT molecular complexity index is 248. The summed E-state index contributed by atoms with van der Waals surface area (Å²) in [5.74, 6) is 1.57. The van der Waals surface area contributed by atoms with Gasteiger partial charge in [-0.05, 0) is 43.8 Å². The maximum absolute atomic E-state index is 5.33. The van der Waals surface area contributed by atoms with Crippen molar-refractivity contribution in [3.8, 4) is 0 Å². The molecule has 1 aliphatic carbocycles. The lowest BCUT2D eigenvalue weighted by molar-refractivity contribution is 0.179. The van der Waals surface area contributed by atoms with Gasteiger partial charge in [0.05, 0.1) is 6.61 Å². The van der Waals surface area contributed by atoms with E-state index in [9.17, 15) is 0 Å². The van der Waals surface area contributed by atoms with Crippen LogP contribution in [0.1, 0.15) is 40.0 Å². The maximum atomic E-state index is 5.33. The fourth-order valence-corrected chi connectivity index (χ4v) is 3.11. The summed E-state index contributed by atoms with van der Waals surface area (Å²) in [6.07, 6.45) is 3.84. The zero-order valence-corrected chi connectivity index (χ0v) is 12.3. The normalized spacial score (nSPS) is 30.0. The van der Waals surface area contributed by atoms with Crippen LogP contribution in [0.4, 0.5) is 0 Å². The molecule has 17 heavy (non-hydrogen) atoms. The summed E-state index contributed by atoms with van der Waals surface area (Å²) in [7, 11) is 1.71. The topological polar surface area (TPSA) is 33.3 Å². The predicted octanol–water partition coefficient (Wildman–Crippen LogP) is 2.31. The first-order chi connectivity index (χ1) is 8.08. The first kappa shape index (κ1) is 14.7. The van der Waals surface area contributed by atoms with Crippen LogP contribution in [0.5, 0.6) is 0 Å². The molecule has 2 N–H and O–H groups in total. The van der Waals surface area contributed by atoms with Crippen molar-refractivity contribution in [3.05, 3.63) is 0 Å². The highest BCUT2D eigenvalue weighted by Crippen LogP contribution is 2.33. The van der Waals surface area contributed by atoms with Crippen LogP contribution in [0, 0.1) is 11.8 Å². The second kappa shape index (κ2) is 7.17. The van der Waals surface area contributed by atoms with Crippen molar-refractivity contribution < 1.29 is 4.74 Å². The van der Waals surface area contributed by atoms with E-state index in [1.54, 1.807) is 7.11 Å². The van der Waals surface area contributed by atoms with E-state index in [-0.39, 0.29) is 6.04 Å². The summed E-state index contributed by atoms with van der Waals surface area (Å²) in [6, 6.07) is 0.799. The van der Waals surface area contributed by atoms with E-state index in [4.69, 9.17) is 17.0 Å². The largest absolute Gasteiger partial charge is 0.383 e. The van der Waals surface area contributed by atoms with Gasteiger partial charge in [0.25, 0.3) is 0 Å². The molecule has 0 radical (unpaired) electrons. The minimum Gasteiger partial charge on any atom is -0.383 e. The average molecular weight is 258 g/mol. The second-order valence-electron chi connectivity index (χ2n) is 5.19. The van der Waals surface area contributed by atoms with E-state index in [0.717, 1.165) is 16.9 Å². The number of rotatable bonds is 5. The molecule has 0 aromatic carbocycles. The van der Waals surface area contributed by atoms with Crippen molar-refractivity contribution in [2.75, 3.05) is 13.7 Å². The lowest BCUT2D eigenvalue weighted by atomic mass is 9.94. The minimum absolute atomic E-state index is 0.263. The molecule has 4 atom stereocenters. The number of ether oxygens (including phenoxy) is 1. The van der Waals surface area contributed by atoms with Gasteiger partial charge in [0.1, 0.15) is 0 Å². The van der Waals surface area contributed by atoms with Crippen molar-refractivity contribution in [1.82, 2.24) is 10.6 Å². The molecule has 0 aromatic heterocycles. The first-order valence-electron chi connectivity index (χ1n) is 6.64. The van der Waals surface area contributed by atoms with Gasteiger partial charge in [0.2, 0.25) is 0 Å². The quantitative estimate of drug-likeness (QED) is 0.742. The monoisotopic (exact) mass is 258 g/mol. The van der Waals surface area contributed by atoms with Gasteiger partial charge in [0.15, 0.2) is 5.11 Å². The van der Waals surface area contributed by atoms with Crippen LogP contribution in [-0.2, 0) is 4.74 Å². The van der Waals surface area contributed by atoms with Gasteiger partial charge < -0.3 is 15.4 Å². The van der Waals surface area contributed by atoms with Crippen LogP contribution in [0.25, 0.3) is 0 Å². The van der Waals surface area contributed by atoms with Gasteiger partial charge in [-0.2, -0.15) is 0 Å². The highest BCUT2D eigenvalue weighted by molar-refractivity contribution is 7.80. The molecular formula is C13H26N2OS. The zero-order valence-electron chi connectivity index (χ0n) is 11.5. The Morgan fingerprint density at radius 1 is 1.47 bits per heavy atom. The Kier molecular flexibility index (Phi) is 6.20. The van der Waals surface area contributed by atoms with Crippen LogP contribution >= 0.6 is 12.2 Å². The first-order valence-corrected chi connectivity index (χ1v) is 7.05. The van der Waals surface area contributed by atoms with E-state index in [1.165, 1.54) is 19.3 Å². The van der Waals surface area contributed by atoms with Gasteiger partial charge in [-0.15, -0.1) is 0 Å². The van der Waals surface area contributed by atoms with E-state index < -0.39 is 0 Å². The molecule has 0 aliphatic heterocycles. The molecule has 0 heterocycles. The number of thiocarbonyl (C=S) groups is 1. The van der Waals surface area contributed by atoms with E-state index >= 15 is 0 Å². The highest BCUT2D eigenvalue weighted by Gasteiger charge is 2.31. The summed E-state index contributed by atoms with van der Waals surface area (Å²) < 4.78 is 5.08. The standard InChI is InChI=1S/C13H26N2OS/c1-5-11-6-7-12(10(11)3)15-13(17)14-9(2)8-16-4/h9-12H,5-8H2,1-4H3,(H2,14,15,17). The molecule has 0 amide bonds. The molecule has 1 fully saturated rings. The average Bonchev–Trinajstić information content (AvgIpc) is 2.60. The smallest absolute Gasteiger partial charge is 0.166 e. The molecule has 4 heteroatoms. The molecule has 3 nitrogen and oxygen atoms in total. The molecule has 4 unspecified atom stereocenters. The predicted molar refractivity (Wildman–Crippen MR) is 76.2 cm³/mol. The molecule has 1 rings (SSSR count). The van der Waals surface area contributed by atoms with Crippen molar-refractivity contribution in [1.29, 1.82) is 0 Å². The van der Waals surface area contributed by atoms with E-state index in [1.807, 2.05) is 0 Å². The molecule has 100 valence electrons. The van der Waals surface area contributed by atoms with Gasteiger partial charge in [0, 0.05) is 19.2 Å². The summed E-state index contributed by atoms with van der Waals surface area (Å²) in [5, 5.41) is 7.47. The van der Waals surface area contributed by atoms with Gasteiger partial charge in [-0.25, -0.2) is 0 Å². The fraction of sp³-hybridized carbons (Fsp3) is 0.923. The molecule has 0 spiro atoms. The Morgan fingerprint density at radius 2 is 2.18 bits per heavy atom. The Morgan fingerprint density at radius 3 is 2.71 bits per heavy atom. The van der Waals surface area contributed by atoms with Gasteiger partial charge in [-0.3, -0.25) is 0 Å². The summed E-state index contributed by atoms with van der Waals surface area (Å²) in [6.45, 7) is 7.37. The number of hydrogen-bond acceptors (Lipinski definition) is 2. The lowest BCUT2D eigenvalue weighted by Gasteiger charge is -2.24. The molecule has 1 aliphatic rings. The second-order valence-corrected chi connectivity index (χ2v) is 5.59. The summed E-state index contributed by atoms with van der Waals surface area (Å²) in [5.41, 5.74) is 0. The zero-order chi connectivity index (χ0) is 12.8. The van der Waals surface area contributed by atoms with Crippen LogP contribution in [0.3, 0.4) is 0 Å². The highest BCUT2D eigenvalue weighted by atomic mass is 32.1. The maximum Gasteiger partial charge on any atom is 0.166 e. The molecule has 0 aromatic rings. The van der Waals surface area contributed by atoms with E-state index in [0.29, 0.717) is 12.6 Å². The Hall–Kier alpha value is -0.350. The number of methoxy groups -OCH3 is 1. The summed E-state index contributed by atoms with van der Waals surface area (Å²) in [4.78, 5) is 0. The Labute approximate surface area is 111 Å². The van der Waals surface area contributed by atoms with Crippen molar-refractivity contribution in [2.24, 2.45) is 11.8 Å². The van der Waals surface area contributed by atoms with Crippen LogP contribution < -0.4 is 10.6 Å². The third-order valence-electron chi connectivity index (χ3n) is 3.86. The van der Waals surface area contributed by atoms with Crippen LogP contribution in [0.15, 0.2) is 0 Å². The van der Waals surface area contributed by atoms with E-state index in [2.05, 4.69) is 31.4 Å². The van der Waals surface area contributed by atoms with Crippen LogP contribution in [-0.4, -0.2) is 30.9 Å². The third kappa shape index (κ3) is 4.43. The van der Waals surface area contributed by atoms with Crippen molar-refractivity contribution in [3.63, 3.8) is 0 Å². The molecule has 0 saturated heterocycles. The lowest BCUT2D eigenvalue weighted by Crippen LogP contribution is -2.47. The van der Waals surface area contributed by atoms with Crippen molar-refractivity contribution >= 4 is 17.3 Å². The van der Waals surface area contributed by atoms with Gasteiger partial charge >= 0.3 is 0 Å². The number of nitrogens with one attached hydrogen (secondary N) is 2. The number of hydrogen-bond donors (Lipinski definition) is 2. The fourth-order valence-electron chi connectivity index (χ4n) is 2.75. The van der Waals surface area contributed by atoms with Crippen molar-refractivity contribution in [2.45, 2.75) is 52.1 Å².